The number of benzene rings is 1. The second-order valence-electron chi connectivity index (χ2n) is 3.08. The van der Waals surface area contributed by atoms with E-state index in [4.69, 9.17) is 16.3 Å². The first kappa shape index (κ1) is 11.2. The highest BCUT2D eigenvalue weighted by molar-refractivity contribution is 6.31. The Hall–Kier alpha value is -0.860. The summed E-state index contributed by atoms with van der Waals surface area (Å²) in [7, 11) is 1.55. The molecule has 14 heavy (non-hydrogen) atoms. The van der Waals surface area contributed by atoms with Crippen LogP contribution in [0.2, 0.25) is 0 Å². The van der Waals surface area contributed by atoms with E-state index in [9.17, 15) is 4.79 Å². The number of methoxy groups -OCH3 is 1. The predicted molar refractivity (Wildman–Crippen MR) is 56.5 cm³/mol. The summed E-state index contributed by atoms with van der Waals surface area (Å²) in [6.07, 6.45) is -0.365. The molecule has 3 heteroatoms. The van der Waals surface area contributed by atoms with Crippen LogP contribution in [0.5, 0.6) is 0 Å². The van der Waals surface area contributed by atoms with E-state index in [1.54, 1.807) is 7.11 Å². The molecule has 1 aromatic carbocycles. The zero-order chi connectivity index (χ0) is 10.6. The van der Waals surface area contributed by atoms with Gasteiger partial charge in [0, 0.05) is 7.11 Å². The number of hydrogen-bond donors (Lipinski definition) is 0. The minimum absolute atomic E-state index is 0.0811. The molecular weight excluding hydrogens is 200 g/mol. The Morgan fingerprint density at radius 2 is 1.93 bits per heavy atom. The van der Waals surface area contributed by atoms with Crippen molar-refractivity contribution < 1.29 is 9.53 Å². The van der Waals surface area contributed by atoms with Gasteiger partial charge in [0.2, 0.25) is 0 Å². The van der Waals surface area contributed by atoms with Crippen molar-refractivity contribution in [2.24, 2.45) is 0 Å². The maximum atomic E-state index is 11.1. The number of carbonyl (C=O) groups is 1. The predicted octanol–water partition coefficient (Wildman–Crippen LogP) is 2.57. The molecule has 0 aliphatic heterocycles. The molecule has 1 rings (SSSR count). The molecule has 2 unspecified atom stereocenters. The van der Waals surface area contributed by atoms with Crippen molar-refractivity contribution in [3.8, 4) is 0 Å². The molecule has 0 aromatic heterocycles. The lowest BCUT2D eigenvalue weighted by Gasteiger charge is -2.18. The van der Waals surface area contributed by atoms with E-state index in [0.717, 1.165) is 5.56 Å². The molecule has 0 N–H and O–H groups in total. The molecular formula is C11H13ClO2. The summed E-state index contributed by atoms with van der Waals surface area (Å²) in [5, 5.41) is -0.623. The van der Waals surface area contributed by atoms with Crippen LogP contribution in [0.25, 0.3) is 0 Å². The number of alkyl halides is 1. The fourth-order valence-corrected chi connectivity index (χ4v) is 1.53. The maximum Gasteiger partial charge on any atom is 0.150 e. The fourth-order valence-electron chi connectivity index (χ4n) is 1.28. The monoisotopic (exact) mass is 212 g/mol. The van der Waals surface area contributed by atoms with Crippen LogP contribution in [0.15, 0.2) is 30.3 Å². The van der Waals surface area contributed by atoms with Crippen molar-refractivity contribution in [2.75, 3.05) is 7.11 Å². The van der Waals surface area contributed by atoms with Gasteiger partial charge in [0.25, 0.3) is 0 Å². The van der Waals surface area contributed by atoms with Gasteiger partial charge in [-0.05, 0) is 12.5 Å². The number of ether oxygens (including phenoxy) is 1. The van der Waals surface area contributed by atoms with Crippen LogP contribution in [-0.2, 0) is 9.53 Å². The van der Waals surface area contributed by atoms with Crippen LogP contribution < -0.4 is 0 Å². The minimum Gasteiger partial charge on any atom is -0.375 e. The van der Waals surface area contributed by atoms with Crippen molar-refractivity contribution in [3.63, 3.8) is 0 Å². The number of carbonyl (C=O) groups excluding carboxylic acids is 1. The van der Waals surface area contributed by atoms with Gasteiger partial charge in [-0.1, -0.05) is 30.3 Å². The van der Waals surface area contributed by atoms with E-state index < -0.39 is 5.38 Å². The number of rotatable bonds is 4. The summed E-state index contributed by atoms with van der Waals surface area (Å²) in [4.78, 5) is 11.1. The van der Waals surface area contributed by atoms with Crippen LogP contribution in [-0.4, -0.2) is 18.3 Å². The topological polar surface area (TPSA) is 26.3 Å². The van der Waals surface area contributed by atoms with Gasteiger partial charge in [0.05, 0.1) is 0 Å². The quantitative estimate of drug-likeness (QED) is 0.718. The second kappa shape index (κ2) is 5.13. The summed E-state index contributed by atoms with van der Waals surface area (Å²) in [5.41, 5.74) is 0.921. The summed E-state index contributed by atoms with van der Waals surface area (Å²) < 4.78 is 5.21. The Bertz CT molecular complexity index is 297. The highest BCUT2D eigenvalue weighted by Gasteiger charge is 2.24. The van der Waals surface area contributed by atoms with Gasteiger partial charge >= 0.3 is 0 Å². The normalized spacial score (nSPS) is 14.8. The van der Waals surface area contributed by atoms with Crippen LogP contribution >= 0.6 is 11.6 Å². The van der Waals surface area contributed by atoms with Gasteiger partial charge in [-0.3, -0.25) is 4.79 Å². The molecule has 2 nitrogen and oxygen atoms in total. The zero-order valence-electron chi connectivity index (χ0n) is 8.24. The smallest absolute Gasteiger partial charge is 0.150 e. The van der Waals surface area contributed by atoms with Crippen molar-refractivity contribution in [1.29, 1.82) is 0 Å². The zero-order valence-corrected chi connectivity index (χ0v) is 8.99. The molecule has 0 radical (unpaired) electrons. The summed E-state index contributed by atoms with van der Waals surface area (Å²) in [6, 6.07) is 9.49. The van der Waals surface area contributed by atoms with Gasteiger partial charge in [-0.15, -0.1) is 11.6 Å². The van der Waals surface area contributed by atoms with Gasteiger partial charge in [-0.25, -0.2) is 0 Å². The van der Waals surface area contributed by atoms with Gasteiger partial charge < -0.3 is 4.74 Å². The third-order valence-corrected chi connectivity index (χ3v) is 2.57. The number of halogens is 1. The molecule has 0 aliphatic carbocycles. The average Bonchev–Trinajstić information content (AvgIpc) is 2.20. The molecule has 0 heterocycles. The second-order valence-corrected chi connectivity index (χ2v) is 3.55. The molecule has 0 saturated heterocycles. The highest BCUT2D eigenvalue weighted by Crippen LogP contribution is 2.24. The molecule has 0 bridgehead atoms. The van der Waals surface area contributed by atoms with Crippen LogP contribution in [0.4, 0.5) is 0 Å². The lowest BCUT2D eigenvalue weighted by Crippen LogP contribution is -2.21. The Kier molecular flexibility index (Phi) is 4.11. The van der Waals surface area contributed by atoms with E-state index >= 15 is 0 Å². The number of ketones is 1. The lowest BCUT2D eigenvalue weighted by atomic mass is 10.0. The van der Waals surface area contributed by atoms with Crippen LogP contribution in [0, 0.1) is 0 Å². The van der Waals surface area contributed by atoms with E-state index in [1.165, 1.54) is 6.92 Å². The largest absolute Gasteiger partial charge is 0.375 e. The molecule has 2 atom stereocenters. The Morgan fingerprint density at radius 3 is 2.36 bits per heavy atom. The fraction of sp³-hybridized carbons (Fsp3) is 0.364. The van der Waals surface area contributed by atoms with Crippen LogP contribution in [0.3, 0.4) is 0 Å². The number of hydrogen-bond acceptors (Lipinski definition) is 2. The van der Waals surface area contributed by atoms with Gasteiger partial charge in [0.15, 0.2) is 5.78 Å². The lowest BCUT2D eigenvalue weighted by molar-refractivity contribution is -0.119. The summed E-state index contributed by atoms with van der Waals surface area (Å²) >= 11 is 5.94. The summed E-state index contributed by atoms with van der Waals surface area (Å²) in [6.45, 7) is 1.46. The molecule has 1 aromatic rings. The van der Waals surface area contributed by atoms with Crippen molar-refractivity contribution in [3.05, 3.63) is 35.9 Å². The third-order valence-electron chi connectivity index (χ3n) is 2.04. The molecule has 76 valence electrons. The molecule has 0 spiro atoms. The highest BCUT2D eigenvalue weighted by atomic mass is 35.5. The average molecular weight is 213 g/mol. The van der Waals surface area contributed by atoms with E-state index in [1.807, 2.05) is 30.3 Å². The summed E-state index contributed by atoms with van der Waals surface area (Å²) in [5.74, 6) is -0.0811. The van der Waals surface area contributed by atoms with E-state index in [0.29, 0.717) is 0 Å². The Labute approximate surface area is 88.8 Å². The molecule has 0 aliphatic rings. The van der Waals surface area contributed by atoms with Gasteiger partial charge in [0.1, 0.15) is 11.5 Å². The first-order valence-corrected chi connectivity index (χ1v) is 4.82. The van der Waals surface area contributed by atoms with E-state index in [-0.39, 0.29) is 11.9 Å². The molecule has 0 saturated carbocycles. The van der Waals surface area contributed by atoms with Gasteiger partial charge in [-0.2, -0.15) is 0 Å². The van der Waals surface area contributed by atoms with E-state index in [2.05, 4.69) is 0 Å². The van der Waals surface area contributed by atoms with Crippen molar-refractivity contribution >= 4 is 17.4 Å². The first-order chi connectivity index (χ1) is 6.66. The molecule has 0 fully saturated rings. The Balaban J connectivity index is 2.87. The standard InChI is InChI=1S/C11H13ClO2/c1-8(13)10(12)11(14-2)9-6-4-3-5-7-9/h3-7,10-11H,1-2H3. The third kappa shape index (κ3) is 2.56. The minimum atomic E-state index is -0.623. The van der Waals surface area contributed by atoms with Crippen molar-refractivity contribution in [2.45, 2.75) is 18.4 Å². The Morgan fingerprint density at radius 1 is 1.36 bits per heavy atom. The number of Topliss-reactive ketones (excluding diaryl/α,β-unsaturated/α-hetero) is 1. The molecule has 0 amide bonds. The SMILES string of the molecule is COC(c1ccccc1)C(Cl)C(C)=O. The first-order valence-electron chi connectivity index (χ1n) is 4.39. The van der Waals surface area contributed by atoms with Crippen molar-refractivity contribution in [1.82, 2.24) is 0 Å². The van der Waals surface area contributed by atoms with Crippen LogP contribution in [0.1, 0.15) is 18.6 Å². The maximum absolute atomic E-state index is 11.1.